The summed E-state index contributed by atoms with van der Waals surface area (Å²) < 4.78 is 10.8. The highest BCUT2D eigenvalue weighted by Crippen LogP contribution is 2.25. The van der Waals surface area contributed by atoms with E-state index in [2.05, 4.69) is 5.32 Å². The standard InChI is InChI=1S/C13H18N2O4/c1-18-13(4-5-19-8-13)7-15-11-6-9(14)2-3-10(11)12(16)17/h2-3,6,15H,4-5,7-8,14H2,1H3,(H,16,17). The summed E-state index contributed by atoms with van der Waals surface area (Å²) in [5.41, 5.74) is 6.49. The Hall–Kier alpha value is -1.79. The minimum absolute atomic E-state index is 0.194. The maximum absolute atomic E-state index is 11.1. The Morgan fingerprint density at radius 3 is 3.00 bits per heavy atom. The van der Waals surface area contributed by atoms with Gasteiger partial charge in [0.2, 0.25) is 0 Å². The van der Waals surface area contributed by atoms with Crippen molar-refractivity contribution in [3.8, 4) is 0 Å². The molecule has 1 atom stereocenters. The highest BCUT2D eigenvalue weighted by molar-refractivity contribution is 5.95. The number of aromatic carboxylic acids is 1. The van der Waals surface area contributed by atoms with Crippen LogP contribution in [-0.4, -0.2) is 43.5 Å². The number of benzene rings is 1. The predicted molar refractivity (Wildman–Crippen MR) is 71.5 cm³/mol. The van der Waals surface area contributed by atoms with Crippen molar-refractivity contribution in [1.82, 2.24) is 0 Å². The van der Waals surface area contributed by atoms with E-state index in [1.165, 1.54) is 6.07 Å². The molecule has 2 rings (SSSR count). The average Bonchev–Trinajstić information content (AvgIpc) is 2.85. The predicted octanol–water partition coefficient (Wildman–Crippen LogP) is 1.18. The van der Waals surface area contributed by atoms with Crippen LogP contribution in [0.25, 0.3) is 0 Å². The molecular weight excluding hydrogens is 248 g/mol. The molecule has 1 saturated heterocycles. The molecule has 0 spiro atoms. The first kappa shape index (κ1) is 13.6. The minimum atomic E-state index is -0.989. The number of ether oxygens (including phenoxy) is 2. The van der Waals surface area contributed by atoms with E-state index in [0.717, 1.165) is 6.42 Å². The Labute approximate surface area is 111 Å². The molecule has 0 aliphatic carbocycles. The molecule has 104 valence electrons. The third-order valence-electron chi connectivity index (χ3n) is 3.38. The first-order chi connectivity index (χ1) is 9.06. The summed E-state index contributed by atoms with van der Waals surface area (Å²) in [6.45, 7) is 1.63. The number of nitrogens with two attached hydrogens (primary N) is 1. The summed E-state index contributed by atoms with van der Waals surface area (Å²) in [5.74, 6) is -0.989. The van der Waals surface area contributed by atoms with Crippen molar-refractivity contribution in [2.24, 2.45) is 0 Å². The van der Waals surface area contributed by atoms with Gasteiger partial charge >= 0.3 is 5.97 Å². The number of hydrogen-bond donors (Lipinski definition) is 3. The summed E-state index contributed by atoms with van der Waals surface area (Å²) in [4.78, 5) is 11.1. The van der Waals surface area contributed by atoms with Crippen molar-refractivity contribution in [3.63, 3.8) is 0 Å². The van der Waals surface area contributed by atoms with E-state index in [4.69, 9.17) is 20.3 Å². The fourth-order valence-electron chi connectivity index (χ4n) is 2.11. The molecule has 0 amide bonds. The number of nitrogens with one attached hydrogen (secondary N) is 1. The van der Waals surface area contributed by atoms with Gasteiger partial charge in [-0.05, 0) is 18.2 Å². The zero-order chi connectivity index (χ0) is 13.9. The zero-order valence-corrected chi connectivity index (χ0v) is 10.8. The topological polar surface area (TPSA) is 93.8 Å². The van der Waals surface area contributed by atoms with E-state index in [9.17, 15) is 4.79 Å². The number of anilines is 2. The van der Waals surface area contributed by atoms with Gasteiger partial charge in [0.25, 0.3) is 0 Å². The first-order valence-corrected chi connectivity index (χ1v) is 6.06. The van der Waals surface area contributed by atoms with Crippen LogP contribution in [0.15, 0.2) is 18.2 Å². The molecule has 1 aromatic rings. The number of carboxylic acids is 1. The van der Waals surface area contributed by atoms with E-state index in [1.54, 1.807) is 19.2 Å². The molecule has 1 aliphatic rings. The number of carbonyl (C=O) groups is 1. The second-order valence-electron chi connectivity index (χ2n) is 4.65. The van der Waals surface area contributed by atoms with Crippen molar-refractivity contribution in [3.05, 3.63) is 23.8 Å². The van der Waals surface area contributed by atoms with Crippen molar-refractivity contribution < 1.29 is 19.4 Å². The summed E-state index contributed by atoms with van der Waals surface area (Å²) in [5, 5.41) is 12.2. The Kier molecular flexibility index (Phi) is 3.92. The Morgan fingerprint density at radius 1 is 1.63 bits per heavy atom. The van der Waals surface area contributed by atoms with Gasteiger partial charge in [-0.15, -0.1) is 0 Å². The minimum Gasteiger partial charge on any atom is -0.478 e. The summed E-state index contributed by atoms with van der Waals surface area (Å²) >= 11 is 0. The number of nitrogen functional groups attached to an aromatic ring is 1. The highest BCUT2D eigenvalue weighted by atomic mass is 16.5. The molecule has 0 saturated carbocycles. The Balaban J connectivity index is 2.14. The van der Waals surface area contributed by atoms with Gasteiger partial charge in [-0.25, -0.2) is 4.79 Å². The van der Waals surface area contributed by atoms with Crippen LogP contribution in [0.4, 0.5) is 11.4 Å². The van der Waals surface area contributed by atoms with E-state index in [0.29, 0.717) is 31.1 Å². The van der Waals surface area contributed by atoms with Gasteiger partial charge < -0.3 is 25.6 Å². The summed E-state index contributed by atoms with van der Waals surface area (Å²) in [7, 11) is 1.63. The second-order valence-corrected chi connectivity index (χ2v) is 4.65. The van der Waals surface area contributed by atoms with Gasteiger partial charge in [0.1, 0.15) is 5.60 Å². The molecule has 1 heterocycles. The van der Waals surface area contributed by atoms with Crippen LogP contribution >= 0.6 is 0 Å². The van der Waals surface area contributed by atoms with Crippen molar-refractivity contribution in [1.29, 1.82) is 0 Å². The van der Waals surface area contributed by atoms with Crippen LogP contribution in [0.2, 0.25) is 0 Å². The van der Waals surface area contributed by atoms with Crippen LogP contribution < -0.4 is 11.1 Å². The van der Waals surface area contributed by atoms with Gasteiger partial charge in [0.15, 0.2) is 0 Å². The van der Waals surface area contributed by atoms with Crippen LogP contribution in [-0.2, 0) is 9.47 Å². The number of carboxylic acid groups (broad SMARTS) is 1. The van der Waals surface area contributed by atoms with E-state index in [1.807, 2.05) is 0 Å². The van der Waals surface area contributed by atoms with Gasteiger partial charge in [0.05, 0.1) is 17.9 Å². The molecule has 6 nitrogen and oxygen atoms in total. The molecule has 0 radical (unpaired) electrons. The first-order valence-electron chi connectivity index (χ1n) is 6.06. The van der Waals surface area contributed by atoms with Crippen molar-refractivity contribution >= 4 is 17.3 Å². The van der Waals surface area contributed by atoms with Crippen LogP contribution in [0, 0.1) is 0 Å². The smallest absolute Gasteiger partial charge is 0.337 e. The van der Waals surface area contributed by atoms with Crippen molar-refractivity contribution in [2.45, 2.75) is 12.0 Å². The summed E-state index contributed by atoms with van der Waals surface area (Å²) in [6.07, 6.45) is 0.779. The number of hydrogen-bond acceptors (Lipinski definition) is 5. The fourth-order valence-corrected chi connectivity index (χ4v) is 2.11. The van der Waals surface area contributed by atoms with Gasteiger partial charge in [0, 0.05) is 32.4 Å². The zero-order valence-electron chi connectivity index (χ0n) is 10.8. The van der Waals surface area contributed by atoms with Crippen molar-refractivity contribution in [2.75, 3.05) is 37.9 Å². The lowest BCUT2D eigenvalue weighted by molar-refractivity contribution is -0.00622. The van der Waals surface area contributed by atoms with Crippen LogP contribution in [0.1, 0.15) is 16.8 Å². The maximum atomic E-state index is 11.1. The van der Waals surface area contributed by atoms with E-state index in [-0.39, 0.29) is 5.56 Å². The number of methoxy groups -OCH3 is 1. The molecule has 1 unspecified atom stereocenters. The van der Waals surface area contributed by atoms with E-state index < -0.39 is 11.6 Å². The van der Waals surface area contributed by atoms with Gasteiger partial charge in [-0.1, -0.05) is 0 Å². The normalized spacial score (nSPS) is 22.4. The maximum Gasteiger partial charge on any atom is 0.337 e. The average molecular weight is 266 g/mol. The van der Waals surface area contributed by atoms with E-state index >= 15 is 0 Å². The molecular formula is C13H18N2O4. The molecule has 6 heteroatoms. The molecule has 1 fully saturated rings. The molecule has 0 bridgehead atoms. The second kappa shape index (κ2) is 5.46. The quantitative estimate of drug-likeness (QED) is 0.693. The lowest BCUT2D eigenvalue weighted by atomic mass is 10.0. The lowest BCUT2D eigenvalue weighted by Gasteiger charge is -2.26. The van der Waals surface area contributed by atoms with Gasteiger partial charge in [-0.3, -0.25) is 0 Å². The SMILES string of the molecule is COC1(CNc2cc(N)ccc2C(=O)O)CCOC1. The molecule has 4 N–H and O–H groups in total. The molecule has 1 aliphatic heterocycles. The fraction of sp³-hybridized carbons (Fsp3) is 0.462. The lowest BCUT2D eigenvalue weighted by Crippen LogP contribution is -2.39. The molecule has 19 heavy (non-hydrogen) atoms. The third-order valence-corrected chi connectivity index (χ3v) is 3.38. The highest BCUT2D eigenvalue weighted by Gasteiger charge is 2.34. The van der Waals surface area contributed by atoms with Gasteiger partial charge in [-0.2, -0.15) is 0 Å². The Morgan fingerprint density at radius 2 is 2.42 bits per heavy atom. The third kappa shape index (κ3) is 2.97. The van der Waals surface area contributed by atoms with Crippen LogP contribution in [0.3, 0.4) is 0 Å². The Bertz CT molecular complexity index is 470. The molecule has 1 aromatic carbocycles. The largest absolute Gasteiger partial charge is 0.478 e. The van der Waals surface area contributed by atoms with Crippen LogP contribution in [0.5, 0.6) is 0 Å². The summed E-state index contributed by atoms with van der Waals surface area (Å²) in [6, 6.07) is 4.67. The monoisotopic (exact) mass is 266 g/mol. The number of rotatable bonds is 5. The molecule has 0 aromatic heterocycles.